The van der Waals surface area contributed by atoms with Crippen molar-refractivity contribution in [2.45, 2.75) is 25.7 Å². The molecule has 0 aromatic carbocycles. The second kappa shape index (κ2) is 6.27. The summed E-state index contributed by atoms with van der Waals surface area (Å²) in [5.41, 5.74) is 0.987. The van der Waals surface area contributed by atoms with Gasteiger partial charge in [-0.1, -0.05) is 0 Å². The highest BCUT2D eigenvalue weighted by Crippen LogP contribution is 2.30. The highest BCUT2D eigenvalue weighted by atomic mass is 32.1. The van der Waals surface area contributed by atoms with Crippen molar-refractivity contribution in [3.63, 3.8) is 0 Å². The van der Waals surface area contributed by atoms with E-state index < -0.39 is 0 Å². The number of nitrogens with one attached hydrogen (secondary N) is 1. The molecular formula is C14H16N4O3S. The van der Waals surface area contributed by atoms with E-state index in [1.54, 1.807) is 4.90 Å². The molecule has 116 valence electrons. The summed E-state index contributed by atoms with van der Waals surface area (Å²) in [6, 6.07) is 0. The summed E-state index contributed by atoms with van der Waals surface area (Å²) in [6.45, 7) is 2.79. The third-order valence-corrected chi connectivity index (χ3v) is 4.42. The SMILES string of the molecule is CC(=O)Nc1nc(C2CCN(C(=O)c3cnco3)CC2)cs1. The number of likely N-dealkylation sites (tertiary alicyclic amines) is 1. The lowest BCUT2D eigenvalue weighted by Gasteiger charge is -2.30. The van der Waals surface area contributed by atoms with Crippen LogP contribution >= 0.6 is 11.3 Å². The Kier molecular flexibility index (Phi) is 4.19. The van der Waals surface area contributed by atoms with Gasteiger partial charge in [-0.3, -0.25) is 9.59 Å². The van der Waals surface area contributed by atoms with Crippen LogP contribution in [0.3, 0.4) is 0 Å². The molecule has 0 radical (unpaired) electrons. The average molecular weight is 320 g/mol. The van der Waals surface area contributed by atoms with Gasteiger partial charge in [0.25, 0.3) is 5.91 Å². The van der Waals surface area contributed by atoms with Crippen LogP contribution in [-0.2, 0) is 4.79 Å². The van der Waals surface area contributed by atoms with Gasteiger partial charge < -0.3 is 14.6 Å². The van der Waals surface area contributed by atoms with Gasteiger partial charge in [-0.15, -0.1) is 11.3 Å². The molecule has 3 rings (SSSR count). The third kappa shape index (κ3) is 3.16. The summed E-state index contributed by atoms with van der Waals surface area (Å²) in [6.07, 6.45) is 4.40. The number of nitrogens with zero attached hydrogens (tertiary/aromatic N) is 3. The Labute approximate surface area is 131 Å². The number of carbonyl (C=O) groups excluding carboxylic acids is 2. The molecule has 1 N–H and O–H groups in total. The first-order chi connectivity index (χ1) is 10.6. The van der Waals surface area contributed by atoms with Gasteiger partial charge in [-0.2, -0.15) is 0 Å². The van der Waals surface area contributed by atoms with Crippen LogP contribution in [0.2, 0.25) is 0 Å². The van der Waals surface area contributed by atoms with Gasteiger partial charge >= 0.3 is 0 Å². The maximum Gasteiger partial charge on any atom is 0.291 e. The highest BCUT2D eigenvalue weighted by molar-refractivity contribution is 7.13. The number of oxazole rings is 1. The minimum Gasteiger partial charge on any atom is -0.438 e. The van der Waals surface area contributed by atoms with E-state index >= 15 is 0 Å². The predicted octanol–water partition coefficient (Wildman–Crippen LogP) is 2.11. The zero-order valence-corrected chi connectivity index (χ0v) is 12.9. The number of aromatic nitrogens is 2. The molecule has 3 heterocycles. The van der Waals surface area contributed by atoms with Crippen LogP contribution in [0.5, 0.6) is 0 Å². The Morgan fingerprint density at radius 3 is 2.82 bits per heavy atom. The molecule has 1 aliphatic rings. The minimum absolute atomic E-state index is 0.117. The molecule has 2 aromatic rings. The van der Waals surface area contributed by atoms with Crippen molar-refractivity contribution in [1.29, 1.82) is 0 Å². The number of carbonyl (C=O) groups is 2. The first-order valence-corrected chi connectivity index (χ1v) is 7.92. The summed E-state index contributed by atoms with van der Waals surface area (Å²) < 4.78 is 5.05. The van der Waals surface area contributed by atoms with E-state index in [1.165, 1.54) is 30.9 Å². The summed E-state index contributed by atoms with van der Waals surface area (Å²) >= 11 is 1.43. The zero-order valence-electron chi connectivity index (χ0n) is 12.1. The van der Waals surface area contributed by atoms with E-state index in [2.05, 4.69) is 15.3 Å². The monoisotopic (exact) mass is 320 g/mol. The van der Waals surface area contributed by atoms with Crippen molar-refractivity contribution in [3.8, 4) is 0 Å². The summed E-state index contributed by atoms with van der Waals surface area (Å²) in [7, 11) is 0. The van der Waals surface area contributed by atoms with E-state index in [4.69, 9.17) is 4.42 Å². The van der Waals surface area contributed by atoms with Gasteiger partial charge in [-0.05, 0) is 12.8 Å². The lowest BCUT2D eigenvalue weighted by molar-refractivity contribution is -0.114. The van der Waals surface area contributed by atoms with Crippen LogP contribution in [-0.4, -0.2) is 39.8 Å². The second-order valence-corrected chi connectivity index (χ2v) is 6.05. The minimum atomic E-state index is -0.117. The smallest absolute Gasteiger partial charge is 0.291 e. The molecule has 1 fully saturated rings. The third-order valence-electron chi connectivity index (χ3n) is 3.65. The number of rotatable bonds is 3. The maximum absolute atomic E-state index is 12.2. The van der Waals surface area contributed by atoms with E-state index in [0.29, 0.717) is 24.1 Å². The van der Waals surface area contributed by atoms with Gasteiger partial charge in [-0.25, -0.2) is 9.97 Å². The molecule has 2 aromatic heterocycles. The van der Waals surface area contributed by atoms with Gasteiger partial charge in [0.2, 0.25) is 11.7 Å². The van der Waals surface area contributed by atoms with E-state index in [-0.39, 0.29) is 17.6 Å². The molecule has 0 atom stereocenters. The Balaban J connectivity index is 1.58. The largest absolute Gasteiger partial charge is 0.438 e. The lowest BCUT2D eigenvalue weighted by Crippen LogP contribution is -2.37. The van der Waals surface area contributed by atoms with E-state index in [9.17, 15) is 9.59 Å². The fourth-order valence-corrected chi connectivity index (χ4v) is 3.38. The molecule has 22 heavy (non-hydrogen) atoms. The van der Waals surface area contributed by atoms with Crippen molar-refractivity contribution < 1.29 is 14.0 Å². The average Bonchev–Trinajstić information content (AvgIpc) is 3.17. The first kappa shape index (κ1) is 14.7. The van der Waals surface area contributed by atoms with Crippen LogP contribution in [0.1, 0.15) is 41.9 Å². The van der Waals surface area contributed by atoms with Crippen LogP contribution in [0.4, 0.5) is 5.13 Å². The topological polar surface area (TPSA) is 88.3 Å². The fourth-order valence-electron chi connectivity index (χ4n) is 2.54. The van der Waals surface area contributed by atoms with E-state index in [1.807, 2.05) is 5.38 Å². The number of hydrogen-bond acceptors (Lipinski definition) is 6. The van der Waals surface area contributed by atoms with Gasteiger partial charge in [0, 0.05) is 31.3 Å². The summed E-state index contributed by atoms with van der Waals surface area (Å²) in [5.74, 6) is 0.360. The Hall–Kier alpha value is -2.22. The van der Waals surface area contributed by atoms with E-state index in [0.717, 1.165) is 18.5 Å². The highest BCUT2D eigenvalue weighted by Gasteiger charge is 2.27. The van der Waals surface area contributed by atoms with Crippen molar-refractivity contribution >= 4 is 28.3 Å². The molecule has 7 nitrogen and oxygen atoms in total. The fraction of sp³-hybridized carbons (Fsp3) is 0.429. The second-order valence-electron chi connectivity index (χ2n) is 5.19. The van der Waals surface area contributed by atoms with Crippen LogP contribution < -0.4 is 5.32 Å². The molecule has 0 bridgehead atoms. The molecule has 2 amide bonds. The van der Waals surface area contributed by atoms with Crippen molar-refractivity contribution in [1.82, 2.24) is 14.9 Å². The van der Waals surface area contributed by atoms with Crippen LogP contribution in [0.15, 0.2) is 22.4 Å². The maximum atomic E-state index is 12.2. The molecule has 0 spiro atoms. The molecule has 0 unspecified atom stereocenters. The molecule has 0 saturated carbocycles. The number of thiazole rings is 1. The van der Waals surface area contributed by atoms with Gasteiger partial charge in [0.15, 0.2) is 11.5 Å². The van der Waals surface area contributed by atoms with Crippen LogP contribution in [0.25, 0.3) is 0 Å². The first-order valence-electron chi connectivity index (χ1n) is 7.04. The lowest BCUT2D eigenvalue weighted by atomic mass is 9.94. The normalized spacial score (nSPS) is 15.8. The predicted molar refractivity (Wildman–Crippen MR) is 80.8 cm³/mol. The molecule has 0 aliphatic carbocycles. The molecule has 1 saturated heterocycles. The standard InChI is InChI=1S/C14H16N4O3S/c1-9(19)16-14-17-11(7-22-14)10-2-4-18(5-3-10)13(20)12-6-15-8-21-12/h6-8,10H,2-5H2,1H3,(H,16,17,19). The molecule has 8 heteroatoms. The molecule has 1 aliphatic heterocycles. The number of hydrogen-bond donors (Lipinski definition) is 1. The zero-order chi connectivity index (χ0) is 15.5. The van der Waals surface area contributed by atoms with Crippen molar-refractivity contribution in [2.24, 2.45) is 0 Å². The van der Waals surface area contributed by atoms with Crippen molar-refractivity contribution in [3.05, 3.63) is 29.4 Å². The summed E-state index contributed by atoms with van der Waals surface area (Å²) in [4.78, 5) is 33.2. The number of anilines is 1. The quantitative estimate of drug-likeness (QED) is 0.935. The van der Waals surface area contributed by atoms with Crippen molar-refractivity contribution in [2.75, 3.05) is 18.4 Å². The number of piperidine rings is 1. The molecular weight excluding hydrogens is 304 g/mol. The van der Waals surface area contributed by atoms with Gasteiger partial charge in [0.1, 0.15) is 0 Å². The Morgan fingerprint density at radius 2 is 2.18 bits per heavy atom. The van der Waals surface area contributed by atoms with Gasteiger partial charge in [0.05, 0.1) is 11.9 Å². The van der Waals surface area contributed by atoms with Crippen LogP contribution in [0, 0.1) is 0 Å². The summed E-state index contributed by atoms with van der Waals surface area (Å²) in [5, 5.41) is 5.30. The Bertz CT molecular complexity index is 659. The number of amides is 2. The Morgan fingerprint density at radius 1 is 1.41 bits per heavy atom.